The molecule has 4 rings (SSSR count). The number of carbonyl (C=O) groups excluding carboxylic acids is 2. The van der Waals surface area contributed by atoms with Crippen molar-refractivity contribution < 1.29 is 9.59 Å². The number of hydrogen-bond donors (Lipinski definition) is 1. The maximum atomic E-state index is 13.0. The van der Waals surface area contributed by atoms with Gasteiger partial charge in [-0.2, -0.15) is 0 Å². The van der Waals surface area contributed by atoms with E-state index in [1.807, 2.05) is 52.6 Å². The Bertz CT molecular complexity index is 989. The van der Waals surface area contributed by atoms with Crippen LogP contribution < -0.4 is 0 Å². The summed E-state index contributed by atoms with van der Waals surface area (Å²) in [6.07, 6.45) is 2.51. The Hall–Kier alpha value is -3.09. The second-order valence-electron chi connectivity index (χ2n) is 6.94. The first-order valence-electron chi connectivity index (χ1n) is 9.19. The summed E-state index contributed by atoms with van der Waals surface area (Å²) >= 11 is 0. The molecule has 0 spiro atoms. The lowest BCUT2D eigenvalue weighted by atomic mass is 10.1. The van der Waals surface area contributed by atoms with Crippen molar-refractivity contribution in [1.82, 2.24) is 24.3 Å². The van der Waals surface area contributed by atoms with Gasteiger partial charge in [-0.15, -0.1) is 0 Å². The highest BCUT2D eigenvalue weighted by molar-refractivity contribution is 5.97. The molecule has 1 N–H and O–H groups in total. The van der Waals surface area contributed by atoms with Crippen LogP contribution in [-0.2, 0) is 7.05 Å². The normalized spacial score (nSPS) is 15.2. The lowest BCUT2D eigenvalue weighted by molar-refractivity contribution is 0.0716. The van der Waals surface area contributed by atoms with Crippen molar-refractivity contribution in [2.24, 2.45) is 7.05 Å². The number of aryl methyl sites for hydroxylation is 2. The average molecular weight is 365 g/mol. The van der Waals surface area contributed by atoms with Crippen LogP contribution in [0.4, 0.5) is 0 Å². The molecule has 0 atom stereocenters. The van der Waals surface area contributed by atoms with Gasteiger partial charge < -0.3 is 19.4 Å². The van der Waals surface area contributed by atoms with Crippen LogP contribution in [0, 0.1) is 6.92 Å². The Morgan fingerprint density at radius 2 is 1.78 bits per heavy atom. The molecule has 0 radical (unpaired) electrons. The van der Waals surface area contributed by atoms with Crippen LogP contribution in [-0.4, -0.2) is 62.3 Å². The number of carbonyl (C=O) groups is 2. The van der Waals surface area contributed by atoms with Crippen molar-refractivity contribution in [3.8, 4) is 0 Å². The summed E-state index contributed by atoms with van der Waals surface area (Å²) in [5, 5.41) is 0. The second kappa shape index (κ2) is 6.90. The minimum atomic E-state index is -0.0142. The minimum absolute atomic E-state index is 0.00520. The third-order valence-corrected chi connectivity index (χ3v) is 5.25. The highest BCUT2D eigenvalue weighted by Gasteiger charge is 2.24. The lowest BCUT2D eigenvalue weighted by Gasteiger charge is -2.22. The number of aromatic amines is 1. The van der Waals surface area contributed by atoms with E-state index in [0.717, 1.165) is 23.3 Å². The number of imidazole rings is 1. The van der Waals surface area contributed by atoms with Crippen LogP contribution in [0.2, 0.25) is 0 Å². The van der Waals surface area contributed by atoms with E-state index >= 15 is 0 Å². The number of hydrogen-bond acceptors (Lipinski definition) is 3. The van der Waals surface area contributed by atoms with Crippen molar-refractivity contribution in [2.45, 2.75) is 13.3 Å². The van der Waals surface area contributed by atoms with E-state index in [0.29, 0.717) is 37.4 Å². The standard InChI is InChI=1S/C20H23N5O2/c1-14-22-17-13-15(6-7-18(17)23(14)2)19(26)24-9-4-10-25(12-11-24)20(27)16-5-3-8-21-16/h3,5-8,13,21H,4,9-12H2,1-2H3. The zero-order valence-corrected chi connectivity index (χ0v) is 15.6. The summed E-state index contributed by atoms with van der Waals surface area (Å²) in [6.45, 7) is 4.32. The van der Waals surface area contributed by atoms with Gasteiger partial charge >= 0.3 is 0 Å². The van der Waals surface area contributed by atoms with Gasteiger partial charge in [-0.3, -0.25) is 9.59 Å². The molecule has 0 bridgehead atoms. The number of nitrogens with zero attached hydrogens (tertiary/aromatic N) is 4. The fraction of sp³-hybridized carbons (Fsp3) is 0.350. The second-order valence-corrected chi connectivity index (χ2v) is 6.94. The fourth-order valence-corrected chi connectivity index (χ4v) is 3.59. The SMILES string of the molecule is Cc1nc2cc(C(=O)N3CCCN(C(=O)c4ccc[nH]4)CC3)ccc2n1C. The van der Waals surface area contributed by atoms with Gasteiger partial charge in [-0.05, 0) is 43.7 Å². The van der Waals surface area contributed by atoms with E-state index in [1.165, 1.54) is 0 Å². The zero-order valence-electron chi connectivity index (χ0n) is 15.6. The molecule has 27 heavy (non-hydrogen) atoms. The molecule has 0 saturated carbocycles. The fourth-order valence-electron chi connectivity index (χ4n) is 3.59. The highest BCUT2D eigenvalue weighted by Crippen LogP contribution is 2.18. The number of H-pyrrole nitrogens is 1. The molecule has 3 heterocycles. The van der Waals surface area contributed by atoms with Crippen LogP contribution in [0.15, 0.2) is 36.5 Å². The first kappa shape index (κ1) is 17.3. The number of amides is 2. The molecular weight excluding hydrogens is 342 g/mol. The van der Waals surface area contributed by atoms with Crippen LogP contribution >= 0.6 is 0 Å². The Morgan fingerprint density at radius 3 is 2.48 bits per heavy atom. The molecule has 0 unspecified atom stereocenters. The maximum absolute atomic E-state index is 13.0. The molecule has 1 fully saturated rings. The van der Waals surface area contributed by atoms with Crippen molar-refractivity contribution in [3.05, 3.63) is 53.6 Å². The van der Waals surface area contributed by atoms with E-state index in [1.54, 1.807) is 12.3 Å². The molecule has 0 aliphatic carbocycles. The Morgan fingerprint density at radius 1 is 1.04 bits per heavy atom. The summed E-state index contributed by atoms with van der Waals surface area (Å²) in [5.74, 6) is 0.900. The van der Waals surface area contributed by atoms with Crippen molar-refractivity contribution in [1.29, 1.82) is 0 Å². The minimum Gasteiger partial charge on any atom is -0.357 e. The van der Waals surface area contributed by atoms with Crippen LogP contribution in [0.1, 0.15) is 33.1 Å². The number of benzene rings is 1. The lowest BCUT2D eigenvalue weighted by Crippen LogP contribution is -2.37. The summed E-state index contributed by atoms with van der Waals surface area (Å²) in [7, 11) is 1.97. The maximum Gasteiger partial charge on any atom is 0.270 e. The molecule has 1 aliphatic heterocycles. The van der Waals surface area contributed by atoms with Crippen molar-refractivity contribution in [3.63, 3.8) is 0 Å². The van der Waals surface area contributed by atoms with Gasteiger partial charge in [0.15, 0.2) is 0 Å². The quantitative estimate of drug-likeness (QED) is 0.757. The van der Waals surface area contributed by atoms with Crippen LogP contribution in [0.3, 0.4) is 0 Å². The first-order chi connectivity index (χ1) is 13.0. The van der Waals surface area contributed by atoms with E-state index in [4.69, 9.17) is 0 Å². The van der Waals surface area contributed by atoms with Gasteiger partial charge in [0.05, 0.1) is 11.0 Å². The molecule has 2 amide bonds. The summed E-state index contributed by atoms with van der Waals surface area (Å²) in [5.41, 5.74) is 3.08. The largest absolute Gasteiger partial charge is 0.357 e. The Labute approximate surface area is 157 Å². The predicted octanol–water partition coefficient (Wildman–Crippen LogP) is 2.20. The Balaban J connectivity index is 1.49. The number of fused-ring (bicyclic) bond motifs is 1. The molecule has 1 saturated heterocycles. The van der Waals surface area contributed by atoms with Gasteiger partial charge in [0.25, 0.3) is 11.8 Å². The van der Waals surface area contributed by atoms with Gasteiger partial charge in [-0.25, -0.2) is 4.98 Å². The highest BCUT2D eigenvalue weighted by atomic mass is 16.2. The summed E-state index contributed by atoms with van der Waals surface area (Å²) in [6, 6.07) is 9.26. The summed E-state index contributed by atoms with van der Waals surface area (Å²) < 4.78 is 2.01. The zero-order chi connectivity index (χ0) is 19.0. The van der Waals surface area contributed by atoms with Crippen molar-refractivity contribution in [2.75, 3.05) is 26.2 Å². The smallest absolute Gasteiger partial charge is 0.270 e. The molecule has 2 aromatic heterocycles. The Kier molecular flexibility index (Phi) is 4.43. The molecule has 3 aromatic rings. The molecule has 7 nitrogen and oxygen atoms in total. The number of rotatable bonds is 2. The van der Waals surface area contributed by atoms with Crippen molar-refractivity contribution >= 4 is 22.8 Å². The molecule has 7 heteroatoms. The summed E-state index contributed by atoms with van der Waals surface area (Å²) in [4.78, 5) is 36.6. The topological polar surface area (TPSA) is 74.2 Å². The van der Waals surface area contributed by atoms with Crippen LogP contribution in [0.25, 0.3) is 11.0 Å². The third kappa shape index (κ3) is 3.20. The number of aromatic nitrogens is 3. The molecule has 1 aliphatic rings. The number of nitrogens with one attached hydrogen (secondary N) is 1. The monoisotopic (exact) mass is 365 g/mol. The van der Waals surface area contributed by atoms with Gasteiger partial charge in [0.2, 0.25) is 0 Å². The molecule has 140 valence electrons. The van der Waals surface area contributed by atoms with E-state index < -0.39 is 0 Å². The molecule has 1 aromatic carbocycles. The van der Waals surface area contributed by atoms with Gasteiger partial charge in [0, 0.05) is 45.0 Å². The third-order valence-electron chi connectivity index (χ3n) is 5.25. The van der Waals surface area contributed by atoms with Gasteiger partial charge in [0.1, 0.15) is 11.5 Å². The van der Waals surface area contributed by atoms with E-state index in [-0.39, 0.29) is 11.8 Å². The van der Waals surface area contributed by atoms with E-state index in [2.05, 4.69) is 9.97 Å². The first-order valence-corrected chi connectivity index (χ1v) is 9.19. The predicted molar refractivity (Wildman–Crippen MR) is 103 cm³/mol. The van der Waals surface area contributed by atoms with E-state index in [9.17, 15) is 9.59 Å². The molecular formula is C20H23N5O2. The average Bonchev–Trinajstić information content (AvgIpc) is 3.22. The van der Waals surface area contributed by atoms with Gasteiger partial charge in [-0.1, -0.05) is 0 Å². The van der Waals surface area contributed by atoms with Crippen LogP contribution in [0.5, 0.6) is 0 Å².